The smallest absolute Gasteiger partial charge is 0.154 e. The molecule has 2 N–H and O–H groups in total. The first-order valence-electron chi connectivity index (χ1n) is 12.3. The molecule has 0 aromatic carbocycles. The van der Waals surface area contributed by atoms with E-state index in [1.807, 2.05) is 39.8 Å². The topological polar surface area (TPSA) is 76.0 Å². The quantitative estimate of drug-likeness (QED) is 0.163. The Hall–Kier alpha value is -1.79. The molecule has 0 aliphatic heterocycles. The van der Waals surface area contributed by atoms with Crippen LogP contribution in [0.25, 0.3) is 0 Å². The Kier molecular flexibility index (Phi) is 20.8. The summed E-state index contributed by atoms with van der Waals surface area (Å²) in [7, 11) is 0. The summed E-state index contributed by atoms with van der Waals surface area (Å²) < 4.78 is 10.1. The van der Waals surface area contributed by atoms with Crippen molar-refractivity contribution in [3.8, 4) is 0 Å². The van der Waals surface area contributed by atoms with Gasteiger partial charge in [0.1, 0.15) is 6.29 Å². The number of aldehydes is 1. The number of ether oxygens (including phenoxy) is 2. The van der Waals surface area contributed by atoms with Gasteiger partial charge in [0.2, 0.25) is 0 Å². The van der Waals surface area contributed by atoms with E-state index < -0.39 is 6.10 Å². The fourth-order valence-corrected chi connectivity index (χ4v) is 3.31. The molecule has 0 radical (unpaired) electrons. The summed E-state index contributed by atoms with van der Waals surface area (Å²) in [6.07, 6.45) is 16.1. The second-order valence-electron chi connectivity index (χ2n) is 9.09. The van der Waals surface area contributed by atoms with Gasteiger partial charge in [-0.05, 0) is 90.4 Å². The molecular formula is C29H50O5. The number of aliphatic hydroxyl groups is 2. The van der Waals surface area contributed by atoms with E-state index in [0.717, 1.165) is 25.1 Å². The average Bonchev–Trinajstić information content (AvgIpc) is 2.74. The van der Waals surface area contributed by atoms with Gasteiger partial charge in [-0.15, -0.1) is 0 Å². The summed E-state index contributed by atoms with van der Waals surface area (Å²) in [6.45, 7) is 19.6. The van der Waals surface area contributed by atoms with E-state index in [-0.39, 0.29) is 18.3 Å². The van der Waals surface area contributed by atoms with Crippen LogP contribution in [0, 0.1) is 5.41 Å². The summed E-state index contributed by atoms with van der Waals surface area (Å²) in [4.78, 5) is 10.3. The molecule has 0 heterocycles. The highest BCUT2D eigenvalue weighted by Gasteiger charge is 2.26. The summed E-state index contributed by atoms with van der Waals surface area (Å²) in [5.41, 5.74) is 5.48. The van der Waals surface area contributed by atoms with E-state index in [1.165, 1.54) is 42.9 Å². The van der Waals surface area contributed by atoms with Crippen LogP contribution in [0.4, 0.5) is 0 Å². The molecule has 34 heavy (non-hydrogen) atoms. The van der Waals surface area contributed by atoms with Gasteiger partial charge in [0.05, 0.1) is 12.7 Å². The third-order valence-electron chi connectivity index (χ3n) is 5.17. The number of allylic oxidation sites excluding steroid dienone is 10. The maximum atomic E-state index is 10.3. The van der Waals surface area contributed by atoms with E-state index in [1.54, 1.807) is 6.08 Å². The Morgan fingerprint density at radius 2 is 1.59 bits per heavy atom. The molecule has 0 bridgehead atoms. The van der Waals surface area contributed by atoms with Gasteiger partial charge in [-0.3, -0.25) is 4.79 Å². The zero-order valence-corrected chi connectivity index (χ0v) is 23.1. The van der Waals surface area contributed by atoms with Gasteiger partial charge < -0.3 is 19.7 Å². The molecule has 0 saturated carbocycles. The molecule has 1 rings (SSSR count). The number of carbonyl (C=O) groups excluding carboxylic acids is 1. The molecule has 5 nitrogen and oxygen atoms in total. The van der Waals surface area contributed by atoms with Crippen LogP contribution in [0.3, 0.4) is 0 Å². The predicted molar refractivity (Wildman–Crippen MR) is 144 cm³/mol. The maximum Gasteiger partial charge on any atom is 0.154 e. The van der Waals surface area contributed by atoms with Crippen molar-refractivity contribution >= 4 is 6.29 Å². The van der Waals surface area contributed by atoms with Crippen molar-refractivity contribution in [1.29, 1.82) is 0 Å². The molecular weight excluding hydrogens is 428 g/mol. The second-order valence-corrected chi connectivity index (χ2v) is 9.09. The molecule has 1 aliphatic rings. The van der Waals surface area contributed by atoms with Crippen LogP contribution in [0.2, 0.25) is 0 Å². The Labute approximate surface area is 208 Å². The first-order chi connectivity index (χ1) is 15.9. The van der Waals surface area contributed by atoms with Crippen LogP contribution in [-0.2, 0) is 14.3 Å². The Bertz CT molecular complexity index is 687. The molecule has 1 unspecified atom stereocenters. The lowest BCUT2D eigenvalue weighted by molar-refractivity contribution is -0.123. The minimum atomic E-state index is -0.560. The number of rotatable bonds is 10. The van der Waals surface area contributed by atoms with Crippen molar-refractivity contribution < 1.29 is 24.5 Å². The fraction of sp³-hybridized carbons (Fsp3) is 0.621. The Balaban J connectivity index is 0. The number of hydrogen-bond donors (Lipinski definition) is 2. The van der Waals surface area contributed by atoms with Gasteiger partial charge in [-0.1, -0.05) is 55.4 Å². The summed E-state index contributed by atoms with van der Waals surface area (Å²) in [5.74, 6) is 0. The molecule has 1 atom stereocenters. The van der Waals surface area contributed by atoms with E-state index in [9.17, 15) is 4.79 Å². The van der Waals surface area contributed by atoms with Gasteiger partial charge in [0, 0.05) is 13.2 Å². The predicted octanol–water partition coefficient (Wildman–Crippen LogP) is 6.48. The zero-order chi connectivity index (χ0) is 26.6. The van der Waals surface area contributed by atoms with E-state index in [2.05, 4.69) is 45.9 Å². The van der Waals surface area contributed by atoms with E-state index >= 15 is 0 Å². The van der Waals surface area contributed by atoms with Crippen LogP contribution < -0.4 is 0 Å². The van der Waals surface area contributed by atoms with Crippen LogP contribution in [0.5, 0.6) is 0 Å². The van der Waals surface area contributed by atoms with Crippen LogP contribution in [0.15, 0.2) is 58.7 Å². The lowest BCUT2D eigenvalue weighted by Crippen LogP contribution is -2.19. The van der Waals surface area contributed by atoms with Crippen molar-refractivity contribution in [3.05, 3.63) is 58.7 Å². The van der Waals surface area contributed by atoms with Gasteiger partial charge >= 0.3 is 0 Å². The van der Waals surface area contributed by atoms with Gasteiger partial charge in [0.15, 0.2) is 6.29 Å². The standard InChI is InChI=1S/C20H28O.C6H14O2.C3H8O2/c1-16(8-6-9-17(2)13-15-21)11-12-19-18(3)10-7-14-20(19,4)5;1-4-7-6(3)8-5-2;1-3(5)2-4/h6,8-9,11-13,15H,7,10,14H2,1-5H3;6H,4-5H2,1-3H3;3-5H,2H2,1H3/b9-6+,12-11+,16-8+,17-13+;;. The van der Waals surface area contributed by atoms with Crippen molar-refractivity contribution in [3.63, 3.8) is 0 Å². The summed E-state index contributed by atoms with van der Waals surface area (Å²) >= 11 is 0. The number of carbonyl (C=O) groups is 1. The van der Waals surface area contributed by atoms with Crippen molar-refractivity contribution in [1.82, 2.24) is 0 Å². The molecule has 0 amide bonds. The zero-order valence-electron chi connectivity index (χ0n) is 23.1. The molecule has 0 aromatic heterocycles. The Morgan fingerprint density at radius 3 is 2.03 bits per heavy atom. The highest BCUT2D eigenvalue weighted by atomic mass is 16.7. The van der Waals surface area contributed by atoms with Gasteiger partial charge in [0.25, 0.3) is 0 Å². The highest BCUT2D eigenvalue weighted by Crippen LogP contribution is 2.40. The largest absolute Gasteiger partial charge is 0.394 e. The van der Waals surface area contributed by atoms with Crippen LogP contribution in [0.1, 0.15) is 81.6 Å². The van der Waals surface area contributed by atoms with Crippen LogP contribution >= 0.6 is 0 Å². The molecule has 0 aromatic rings. The lowest BCUT2D eigenvalue weighted by atomic mass is 9.72. The van der Waals surface area contributed by atoms with Crippen molar-refractivity contribution in [2.75, 3.05) is 19.8 Å². The summed E-state index contributed by atoms with van der Waals surface area (Å²) in [6, 6.07) is 0. The molecule has 0 spiro atoms. The molecule has 0 saturated heterocycles. The fourth-order valence-electron chi connectivity index (χ4n) is 3.31. The molecule has 0 fully saturated rings. The maximum absolute atomic E-state index is 10.3. The monoisotopic (exact) mass is 478 g/mol. The van der Waals surface area contributed by atoms with Gasteiger partial charge in [-0.25, -0.2) is 0 Å². The second kappa shape index (κ2) is 20.6. The number of aliphatic hydroxyl groups excluding tert-OH is 2. The van der Waals surface area contributed by atoms with Gasteiger partial charge in [-0.2, -0.15) is 0 Å². The molecule has 5 heteroatoms. The average molecular weight is 479 g/mol. The SMILES string of the molecule is CC(O)CO.CC1=C(/C=C/C(C)=C/C=C/C(C)=C/C=O)C(C)(C)CCC1.CCOC(C)OCC. The normalized spacial score (nSPS) is 17.4. The van der Waals surface area contributed by atoms with Crippen molar-refractivity contribution in [2.45, 2.75) is 94.0 Å². The highest BCUT2D eigenvalue weighted by molar-refractivity contribution is 5.66. The summed E-state index contributed by atoms with van der Waals surface area (Å²) in [5, 5.41) is 16.0. The minimum Gasteiger partial charge on any atom is -0.394 e. The van der Waals surface area contributed by atoms with E-state index in [0.29, 0.717) is 0 Å². The lowest BCUT2D eigenvalue weighted by Gasteiger charge is -2.32. The third-order valence-corrected chi connectivity index (χ3v) is 5.17. The minimum absolute atomic E-state index is 0.0370. The molecule has 1 aliphatic carbocycles. The Morgan fingerprint density at radius 1 is 1.06 bits per heavy atom. The number of hydrogen-bond acceptors (Lipinski definition) is 5. The third kappa shape index (κ3) is 18.6. The van der Waals surface area contributed by atoms with Crippen molar-refractivity contribution in [2.24, 2.45) is 5.41 Å². The molecule has 196 valence electrons. The first kappa shape index (κ1) is 34.4. The van der Waals surface area contributed by atoms with E-state index in [4.69, 9.17) is 19.7 Å². The first-order valence-corrected chi connectivity index (χ1v) is 12.3. The van der Waals surface area contributed by atoms with Crippen LogP contribution in [-0.4, -0.2) is 48.7 Å².